The Morgan fingerprint density at radius 1 is 0.800 bits per heavy atom. The van der Waals surface area contributed by atoms with E-state index in [1.165, 1.54) is 5.56 Å². The Morgan fingerprint density at radius 3 is 2.37 bits per heavy atom. The molecule has 340 valence electrons. The van der Waals surface area contributed by atoms with Crippen molar-refractivity contribution < 1.29 is 29.0 Å². The van der Waals surface area contributed by atoms with Crippen molar-refractivity contribution in [3.8, 4) is 22.8 Å². The van der Waals surface area contributed by atoms with E-state index in [0.717, 1.165) is 113 Å². The number of aromatic nitrogens is 2. The molecule has 0 radical (unpaired) electrons. The molecule has 3 amide bonds. The number of benzene rings is 3. The number of likely N-dealkylation sites (N-methyl/N-ethyl adjacent to an activating group) is 1. The van der Waals surface area contributed by atoms with Crippen LogP contribution in [0.2, 0.25) is 0 Å². The summed E-state index contributed by atoms with van der Waals surface area (Å²) in [6.07, 6.45) is 8.98. The highest BCUT2D eigenvalue weighted by atomic mass is 35.5. The Morgan fingerprint density at radius 2 is 1.57 bits per heavy atom. The van der Waals surface area contributed by atoms with Gasteiger partial charge in [-0.05, 0) is 123 Å². The molecule has 0 unspecified atom stereocenters. The van der Waals surface area contributed by atoms with Gasteiger partial charge in [-0.15, -0.1) is 12.4 Å². The molecule has 2 fully saturated rings. The number of carbonyl (C=O) groups excluding carboxylic acids is 3. The van der Waals surface area contributed by atoms with Gasteiger partial charge in [-0.1, -0.05) is 24.3 Å². The smallest absolute Gasteiger partial charge is 0.264 e. The molecule has 0 saturated carbocycles. The third-order valence-corrected chi connectivity index (χ3v) is 13.8. The van der Waals surface area contributed by atoms with Crippen LogP contribution in [0.5, 0.6) is 11.5 Å². The first kappa shape index (κ1) is 44.3. The van der Waals surface area contributed by atoms with Crippen molar-refractivity contribution in [3.63, 3.8) is 0 Å². The van der Waals surface area contributed by atoms with Crippen molar-refractivity contribution in [2.24, 2.45) is 0 Å². The number of carbonyl (C=O) groups is 3. The second kappa shape index (κ2) is 19.3. The van der Waals surface area contributed by atoms with Gasteiger partial charge >= 0.3 is 0 Å². The molecule has 5 aliphatic rings. The number of fused-ring (bicyclic) bond motifs is 3. The summed E-state index contributed by atoms with van der Waals surface area (Å²) in [6, 6.07) is 24.6. The van der Waals surface area contributed by atoms with Crippen LogP contribution in [0.4, 0.5) is 17.2 Å². The van der Waals surface area contributed by atoms with Crippen molar-refractivity contribution in [1.29, 1.82) is 0 Å². The van der Waals surface area contributed by atoms with Crippen molar-refractivity contribution in [1.82, 2.24) is 24.3 Å². The maximum absolute atomic E-state index is 15.6. The van der Waals surface area contributed by atoms with Gasteiger partial charge in [0.05, 0.1) is 36.2 Å². The maximum Gasteiger partial charge on any atom is 0.264 e. The summed E-state index contributed by atoms with van der Waals surface area (Å²) in [5.74, 6) is 1.10. The van der Waals surface area contributed by atoms with Crippen molar-refractivity contribution >= 4 is 47.3 Å². The number of halogens is 1. The number of piperidine rings is 1. The number of rotatable bonds is 10. The van der Waals surface area contributed by atoms with E-state index in [4.69, 9.17) is 14.5 Å². The predicted octanol–water partition coefficient (Wildman–Crippen LogP) is 7.28. The first-order chi connectivity index (χ1) is 31.3. The normalized spacial score (nSPS) is 18.3. The number of hydrogen-bond donors (Lipinski definition) is 1. The number of phenolic OH excluding ortho intramolecular Hbond substituents is 1. The summed E-state index contributed by atoms with van der Waals surface area (Å²) in [5, 5.41) is 10.3. The van der Waals surface area contributed by atoms with Crippen molar-refractivity contribution in [2.75, 3.05) is 75.9 Å². The summed E-state index contributed by atoms with van der Waals surface area (Å²) >= 11 is 0. The van der Waals surface area contributed by atoms with Crippen LogP contribution in [0, 0.1) is 0 Å². The molecule has 13 nitrogen and oxygen atoms in total. The van der Waals surface area contributed by atoms with Gasteiger partial charge in [0, 0.05) is 88.1 Å². The quantitative estimate of drug-likeness (QED) is 0.154. The molecule has 5 aromatic rings. The Hall–Kier alpha value is -5.89. The van der Waals surface area contributed by atoms with Gasteiger partial charge in [-0.3, -0.25) is 24.2 Å². The Balaban J connectivity index is 0.00000533. The number of pyridine rings is 1. The molecule has 65 heavy (non-hydrogen) atoms. The minimum Gasteiger partial charge on any atom is -0.508 e. The number of likely N-dealkylation sites (tertiary alicyclic amines) is 1. The molecule has 1 N–H and O–H groups in total. The van der Waals surface area contributed by atoms with Crippen LogP contribution in [0.3, 0.4) is 0 Å². The SMILES string of the molecule is CN1CCc2cc(N(C(=O)c3cc(-c4ccc(OCC(=O)N5CCCCC5)cc4C(=O)N4Cc5ccccc5C[C@H]4CN4CCOCC4)n4c3CCCC4)c3ccc(O)cc3)cnc21.Cl. The zero-order valence-corrected chi connectivity index (χ0v) is 37.9. The highest BCUT2D eigenvalue weighted by Gasteiger charge is 2.36. The molecular weight excluding hydrogens is 842 g/mol. The number of ether oxygens (including phenoxy) is 2. The minimum absolute atomic E-state index is 0. The van der Waals surface area contributed by atoms with Gasteiger partial charge in [-0.2, -0.15) is 0 Å². The van der Waals surface area contributed by atoms with E-state index < -0.39 is 0 Å². The molecule has 1 atom stereocenters. The number of amides is 3. The van der Waals surface area contributed by atoms with Gasteiger partial charge in [0.2, 0.25) is 0 Å². The largest absolute Gasteiger partial charge is 0.508 e. The summed E-state index contributed by atoms with van der Waals surface area (Å²) in [5.41, 5.74) is 8.18. The summed E-state index contributed by atoms with van der Waals surface area (Å²) in [7, 11) is 2.03. The Kier molecular flexibility index (Phi) is 13.2. The molecular formula is C51H58ClN7O6. The number of morpholine rings is 1. The van der Waals surface area contributed by atoms with Crippen LogP contribution in [-0.4, -0.2) is 119 Å². The molecule has 7 heterocycles. The number of nitrogens with zero attached hydrogens (tertiary/aromatic N) is 7. The number of aromatic hydroxyl groups is 1. The van der Waals surface area contributed by atoms with E-state index in [9.17, 15) is 9.90 Å². The van der Waals surface area contributed by atoms with Crippen molar-refractivity contribution in [3.05, 3.63) is 119 Å². The molecule has 0 aliphatic carbocycles. The summed E-state index contributed by atoms with van der Waals surface area (Å²) < 4.78 is 14.2. The van der Waals surface area contributed by atoms with E-state index in [1.54, 1.807) is 35.4 Å². The highest BCUT2D eigenvalue weighted by Crippen LogP contribution is 2.39. The number of phenols is 1. The second-order valence-corrected chi connectivity index (χ2v) is 17.9. The molecule has 0 bridgehead atoms. The monoisotopic (exact) mass is 899 g/mol. The van der Waals surface area contributed by atoms with Crippen molar-refractivity contribution in [2.45, 2.75) is 70.5 Å². The lowest BCUT2D eigenvalue weighted by molar-refractivity contribution is -0.134. The average molecular weight is 901 g/mol. The fourth-order valence-electron chi connectivity index (χ4n) is 10.3. The number of hydrogen-bond acceptors (Lipinski definition) is 9. The summed E-state index contributed by atoms with van der Waals surface area (Å²) in [4.78, 5) is 59.1. The van der Waals surface area contributed by atoms with E-state index in [-0.39, 0.29) is 48.5 Å². The second-order valence-electron chi connectivity index (χ2n) is 17.9. The first-order valence-corrected chi connectivity index (χ1v) is 23.1. The molecule has 14 heteroatoms. The average Bonchev–Trinajstić information content (AvgIpc) is 3.91. The van der Waals surface area contributed by atoms with Crippen LogP contribution in [-0.2, 0) is 41.9 Å². The van der Waals surface area contributed by atoms with Crippen LogP contribution < -0.4 is 14.5 Å². The highest BCUT2D eigenvalue weighted by molar-refractivity contribution is 6.13. The molecule has 0 spiro atoms. The van der Waals surface area contributed by atoms with Gasteiger partial charge in [-0.25, -0.2) is 4.98 Å². The van der Waals surface area contributed by atoms with Crippen LogP contribution in [0.15, 0.2) is 85.1 Å². The molecule has 3 aromatic carbocycles. The van der Waals surface area contributed by atoms with Crippen LogP contribution >= 0.6 is 12.4 Å². The zero-order chi connectivity index (χ0) is 43.7. The van der Waals surface area contributed by atoms with Crippen LogP contribution in [0.25, 0.3) is 11.3 Å². The lowest BCUT2D eigenvalue weighted by atomic mass is 9.92. The molecule has 10 rings (SSSR count). The van der Waals surface area contributed by atoms with Gasteiger partial charge in [0.25, 0.3) is 17.7 Å². The third kappa shape index (κ3) is 9.06. The molecule has 2 saturated heterocycles. The topological polar surface area (TPSA) is 124 Å². The predicted molar refractivity (Wildman–Crippen MR) is 253 cm³/mol. The zero-order valence-electron chi connectivity index (χ0n) is 37.1. The Labute approximate surface area is 386 Å². The van der Waals surface area contributed by atoms with E-state index in [2.05, 4.69) is 38.6 Å². The van der Waals surface area contributed by atoms with Gasteiger partial charge in [0.15, 0.2) is 6.61 Å². The first-order valence-electron chi connectivity index (χ1n) is 23.1. The fraction of sp³-hybridized carbons (Fsp3) is 0.412. The standard InChI is InChI=1S/C51H57N7O6.ClH/c1-53-22-18-36-28-39(31-52-49(36)53)58(38-12-14-41(59)15-13-38)51(62)45-30-47(56-21-8-5-11-46(45)56)43-17-16-42(64-34-48(60)55-19-6-2-7-20-55)29-44(43)50(61)57-32-37-10-4-3-9-35(37)27-40(57)33-54-23-25-63-26-24-54;/h3-4,9-10,12-17,28-31,40,59H,2,5-8,11,18-27,32-34H2,1H3;1H/t40-;/m0./s1. The number of anilines is 3. The molecule has 5 aliphatic heterocycles. The minimum atomic E-state index is -0.210. The maximum atomic E-state index is 15.6. The Bertz CT molecular complexity index is 2550. The summed E-state index contributed by atoms with van der Waals surface area (Å²) in [6.45, 7) is 7.05. The lowest BCUT2D eigenvalue weighted by Crippen LogP contribution is -2.52. The van der Waals surface area contributed by atoms with Gasteiger partial charge < -0.3 is 33.8 Å². The van der Waals surface area contributed by atoms with Crippen LogP contribution in [0.1, 0.15) is 75.2 Å². The lowest BCUT2D eigenvalue weighted by Gasteiger charge is -2.40. The third-order valence-electron chi connectivity index (χ3n) is 13.8. The molecule has 2 aromatic heterocycles. The van der Waals surface area contributed by atoms with E-state index in [0.29, 0.717) is 66.5 Å². The fourth-order valence-corrected chi connectivity index (χ4v) is 10.3. The van der Waals surface area contributed by atoms with E-state index >= 15 is 9.59 Å². The van der Waals surface area contributed by atoms with Gasteiger partial charge in [0.1, 0.15) is 17.3 Å². The van der Waals surface area contributed by atoms with E-state index in [1.807, 2.05) is 47.2 Å².